The molecular weight excluding hydrogens is 495 g/mol. The number of halogens is 1. The zero-order valence-electron chi connectivity index (χ0n) is 18.4. The van der Waals surface area contributed by atoms with Crippen LogP contribution in [0.2, 0.25) is 0 Å². The molecule has 1 aliphatic rings. The van der Waals surface area contributed by atoms with E-state index in [0.29, 0.717) is 30.4 Å². The van der Waals surface area contributed by atoms with E-state index in [2.05, 4.69) is 30.2 Å². The third kappa shape index (κ3) is 7.79. The fraction of sp³-hybridized carbons (Fsp3) is 0.333. The third-order valence-electron chi connectivity index (χ3n) is 5.10. The quantitative estimate of drug-likeness (QED) is 0.257. The van der Waals surface area contributed by atoms with Crippen LogP contribution in [-0.4, -0.2) is 36.7 Å². The van der Waals surface area contributed by atoms with E-state index in [-0.39, 0.29) is 5.91 Å². The molecule has 0 unspecified atom stereocenters. The van der Waals surface area contributed by atoms with Crippen LogP contribution in [-0.2, 0) is 31.2 Å². The van der Waals surface area contributed by atoms with Crippen LogP contribution in [0.15, 0.2) is 59.2 Å². The van der Waals surface area contributed by atoms with Gasteiger partial charge in [-0.3, -0.25) is 9.63 Å². The molecule has 1 aromatic heterocycles. The molecule has 0 spiro atoms. The van der Waals surface area contributed by atoms with Crippen molar-refractivity contribution >= 4 is 16.0 Å². The Balaban J connectivity index is 0.00000149. The summed E-state index contributed by atoms with van der Waals surface area (Å²) in [6.45, 7) is 0.771. The molecule has 3 aromatic rings. The fourth-order valence-electron chi connectivity index (χ4n) is 2.98. The molecule has 1 amide bonds. The van der Waals surface area contributed by atoms with E-state index in [1.165, 1.54) is 25.0 Å². The van der Waals surface area contributed by atoms with Crippen LogP contribution in [0.3, 0.4) is 0 Å². The van der Waals surface area contributed by atoms with Gasteiger partial charge in [0.15, 0.2) is 0 Å². The average molecular weight is 521 g/mol. The Morgan fingerprint density at radius 3 is 2.58 bits per heavy atom. The Morgan fingerprint density at radius 2 is 1.88 bits per heavy atom. The minimum absolute atomic E-state index is 0.115. The molecular formula is C24H26ClCuN2O5. The minimum atomic E-state index is -0.115. The van der Waals surface area contributed by atoms with E-state index in [9.17, 15) is 4.79 Å². The van der Waals surface area contributed by atoms with Gasteiger partial charge in [-0.05, 0) is 55.2 Å². The first-order valence-electron chi connectivity index (χ1n) is 10.5. The summed E-state index contributed by atoms with van der Waals surface area (Å²) in [5.41, 5.74) is 1.55. The molecule has 2 aromatic carbocycles. The van der Waals surface area contributed by atoms with Crippen molar-refractivity contribution in [3.05, 3.63) is 60.5 Å². The number of aromatic nitrogens is 1. The first-order chi connectivity index (χ1) is 16.1. The standard InChI is InChI=1S/C24H26N2O5.ClH.Cu/c1-26(28-2)23(27)13-10-19-16-30-24(25-19)18-8-11-20(12-9-18)31-22-5-3-4-21(14-22)29-15-17-6-7-17;;/h3-5,8-9,11-12,14,16-17H,6-7,10,13,15H2,1-2H3;1H;/q;;+1/p-1. The monoisotopic (exact) mass is 520 g/mol. The van der Waals surface area contributed by atoms with Crippen molar-refractivity contribution in [2.45, 2.75) is 25.7 Å². The summed E-state index contributed by atoms with van der Waals surface area (Å²) in [5, 5.41) is 1.20. The van der Waals surface area contributed by atoms with Crippen LogP contribution in [0.4, 0.5) is 0 Å². The van der Waals surface area contributed by atoms with Crippen molar-refractivity contribution in [3.63, 3.8) is 0 Å². The maximum atomic E-state index is 11.8. The predicted molar refractivity (Wildman–Crippen MR) is 121 cm³/mol. The molecule has 4 rings (SSSR count). The van der Waals surface area contributed by atoms with E-state index in [1.54, 1.807) is 13.3 Å². The van der Waals surface area contributed by atoms with Gasteiger partial charge < -0.3 is 13.9 Å². The second-order valence-electron chi connectivity index (χ2n) is 7.57. The number of hydrogen-bond donors (Lipinski definition) is 0. The van der Waals surface area contributed by atoms with Gasteiger partial charge in [-0.25, -0.2) is 10.0 Å². The number of rotatable bonds is 10. The maximum absolute atomic E-state index is 11.8. The number of ether oxygens (including phenoxy) is 2. The summed E-state index contributed by atoms with van der Waals surface area (Å²) in [6.07, 6.45) is 4.88. The van der Waals surface area contributed by atoms with Gasteiger partial charge in [-0.2, -0.15) is 0 Å². The summed E-state index contributed by atoms with van der Waals surface area (Å²) < 4.78 is 17.3. The number of hydroxylamine groups is 2. The number of aryl methyl sites for hydroxylation is 1. The number of nitrogens with zero attached hydrogens (tertiary/aromatic N) is 2. The Morgan fingerprint density at radius 1 is 1.15 bits per heavy atom. The second kappa shape index (κ2) is 12.7. The van der Waals surface area contributed by atoms with Crippen LogP contribution < -0.4 is 9.47 Å². The van der Waals surface area contributed by atoms with E-state index in [4.69, 9.17) is 18.7 Å². The van der Waals surface area contributed by atoms with Gasteiger partial charge in [0.1, 0.15) is 23.5 Å². The number of oxazole rings is 1. The summed E-state index contributed by atoms with van der Waals surface area (Å²) in [5.74, 6) is 3.36. The normalized spacial score (nSPS) is 12.5. The molecule has 0 N–H and O–H groups in total. The number of amides is 1. The van der Waals surface area contributed by atoms with Gasteiger partial charge in [-0.15, -0.1) is 0 Å². The van der Waals surface area contributed by atoms with E-state index >= 15 is 0 Å². The van der Waals surface area contributed by atoms with Gasteiger partial charge >= 0.3 is 25.2 Å². The first-order valence-corrected chi connectivity index (χ1v) is 11.8. The van der Waals surface area contributed by atoms with Gasteiger partial charge in [0.2, 0.25) is 11.8 Å². The Bertz CT molecular complexity index is 1020. The Labute approximate surface area is 206 Å². The molecule has 33 heavy (non-hydrogen) atoms. The van der Waals surface area contributed by atoms with E-state index < -0.39 is 0 Å². The van der Waals surface area contributed by atoms with Crippen LogP contribution in [0.1, 0.15) is 25.0 Å². The summed E-state index contributed by atoms with van der Waals surface area (Å²) in [4.78, 5) is 21.2. The average Bonchev–Trinajstić information content (AvgIpc) is 3.58. The van der Waals surface area contributed by atoms with Crippen molar-refractivity contribution in [1.82, 2.24) is 10.0 Å². The molecule has 7 nitrogen and oxygen atoms in total. The molecule has 9 heteroatoms. The molecule has 0 bridgehead atoms. The zero-order chi connectivity index (χ0) is 23.6. The molecule has 0 radical (unpaired) electrons. The van der Waals surface area contributed by atoms with Crippen LogP contribution >= 0.6 is 10.1 Å². The van der Waals surface area contributed by atoms with Crippen molar-refractivity contribution < 1.29 is 38.6 Å². The zero-order valence-corrected chi connectivity index (χ0v) is 20.1. The summed E-state index contributed by atoms with van der Waals surface area (Å²) in [7, 11) is 7.24. The van der Waals surface area contributed by atoms with E-state index in [1.807, 2.05) is 48.5 Å². The second-order valence-corrected chi connectivity index (χ2v) is 7.57. The molecule has 1 saturated carbocycles. The molecule has 180 valence electrons. The fourth-order valence-corrected chi connectivity index (χ4v) is 2.98. The van der Waals surface area contributed by atoms with Crippen LogP contribution in [0.5, 0.6) is 17.2 Å². The summed E-state index contributed by atoms with van der Waals surface area (Å²) in [6, 6.07) is 15.2. The SMILES string of the molecule is CON(C)C(=O)CCc1coc(-c2ccc(Oc3cccc(OCC4CC4)c3)cc2)n1.[Cl][Cu]. The van der Waals surface area contributed by atoms with Crippen molar-refractivity contribution in [2.75, 3.05) is 20.8 Å². The van der Waals surface area contributed by atoms with Crippen molar-refractivity contribution in [2.24, 2.45) is 5.92 Å². The summed E-state index contributed by atoms with van der Waals surface area (Å²) >= 11 is 3.66. The number of benzene rings is 2. The number of hydrogen-bond acceptors (Lipinski definition) is 6. The van der Waals surface area contributed by atoms with Crippen LogP contribution in [0.25, 0.3) is 11.5 Å². The van der Waals surface area contributed by atoms with Gasteiger partial charge in [0, 0.05) is 31.5 Å². The van der Waals surface area contributed by atoms with Crippen LogP contribution in [0, 0.1) is 5.92 Å². The molecule has 0 atom stereocenters. The van der Waals surface area contributed by atoms with Gasteiger partial charge in [-0.1, -0.05) is 6.07 Å². The first kappa shape index (κ1) is 25.1. The van der Waals surface area contributed by atoms with Gasteiger partial charge in [0.25, 0.3) is 0 Å². The topological polar surface area (TPSA) is 74.0 Å². The predicted octanol–water partition coefficient (Wildman–Crippen LogP) is 5.56. The van der Waals surface area contributed by atoms with E-state index in [0.717, 1.165) is 29.4 Å². The van der Waals surface area contributed by atoms with Crippen molar-refractivity contribution in [1.29, 1.82) is 0 Å². The molecule has 1 aliphatic carbocycles. The van der Waals surface area contributed by atoms with Gasteiger partial charge in [0.05, 0.1) is 19.4 Å². The Kier molecular flexibility index (Phi) is 9.63. The number of carbonyl (C=O) groups is 1. The molecule has 1 heterocycles. The number of carbonyl (C=O) groups excluding carboxylic acids is 1. The molecule has 0 aliphatic heterocycles. The molecule has 1 fully saturated rings. The Hall–Kier alpha value is -2.51. The third-order valence-corrected chi connectivity index (χ3v) is 5.10. The van der Waals surface area contributed by atoms with Crippen molar-refractivity contribution in [3.8, 4) is 28.7 Å². The molecule has 0 saturated heterocycles.